The first-order valence-electron chi connectivity index (χ1n) is 6.93. The number of rotatable bonds is 7. The van der Waals surface area contributed by atoms with Crippen LogP contribution in [0.5, 0.6) is 5.75 Å². The van der Waals surface area contributed by atoms with Gasteiger partial charge in [0.2, 0.25) is 0 Å². The number of nitrogens with one attached hydrogen (secondary N) is 1. The highest BCUT2D eigenvalue weighted by Crippen LogP contribution is 2.19. The van der Waals surface area contributed by atoms with Gasteiger partial charge in [0.05, 0.1) is 7.11 Å². The Kier molecular flexibility index (Phi) is 6.70. The average molecular weight is 290 g/mol. The van der Waals surface area contributed by atoms with Gasteiger partial charge in [-0.05, 0) is 30.5 Å². The van der Waals surface area contributed by atoms with Gasteiger partial charge in [0.1, 0.15) is 17.9 Å². The van der Waals surface area contributed by atoms with Gasteiger partial charge < -0.3 is 9.47 Å². The summed E-state index contributed by atoms with van der Waals surface area (Å²) in [5, 5.41) is 11.7. The molecule has 0 amide bonds. The van der Waals surface area contributed by atoms with Crippen molar-refractivity contribution < 1.29 is 14.3 Å². The van der Waals surface area contributed by atoms with Gasteiger partial charge in [0.25, 0.3) is 0 Å². The van der Waals surface area contributed by atoms with Gasteiger partial charge in [-0.1, -0.05) is 26.0 Å². The first-order valence-corrected chi connectivity index (χ1v) is 6.93. The standard InChI is InChI=1S/C16H22N2O3/c1-11(2)15(16(19)20-4)18-12(3)13-5-7-14(8-6-13)21-10-9-17/h5-8,11-12,15,18H,10H2,1-4H3/t12?,15-/m0/s1. The van der Waals surface area contributed by atoms with E-state index in [2.05, 4.69) is 5.32 Å². The molecule has 0 aliphatic rings. The van der Waals surface area contributed by atoms with Crippen LogP contribution in [0.4, 0.5) is 0 Å². The number of hydrogen-bond acceptors (Lipinski definition) is 5. The number of benzene rings is 1. The third kappa shape index (κ3) is 5.09. The number of methoxy groups -OCH3 is 1. The third-order valence-corrected chi connectivity index (χ3v) is 3.23. The molecule has 0 aliphatic carbocycles. The molecule has 0 fully saturated rings. The first-order chi connectivity index (χ1) is 9.99. The molecule has 0 saturated carbocycles. The van der Waals surface area contributed by atoms with Crippen molar-refractivity contribution in [2.45, 2.75) is 32.9 Å². The maximum Gasteiger partial charge on any atom is 0.323 e. The minimum atomic E-state index is -0.348. The summed E-state index contributed by atoms with van der Waals surface area (Å²) in [5.74, 6) is 0.532. The molecule has 1 aromatic carbocycles. The van der Waals surface area contributed by atoms with E-state index in [0.29, 0.717) is 5.75 Å². The maximum absolute atomic E-state index is 11.8. The number of nitriles is 1. The number of ether oxygens (including phenoxy) is 2. The van der Waals surface area contributed by atoms with E-state index in [1.807, 2.05) is 51.1 Å². The van der Waals surface area contributed by atoms with Gasteiger partial charge in [-0.15, -0.1) is 0 Å². The third-order valence-electron chi connectivity index (χ3n) is 3.23. The number of nitrogens with zero attached hydrogens (tertiary/aromatic N) is 1. The van der Waals surface area contributed by atoms with Crippen LogP contribution in [0.1, 0.15) is 32.4 Å². The fraction of sp³-hybridized carbons (Fsp3) is 0.500. The van der Waals surface area contributed by atoms with E-state index in [9.17, 15) is 4.79 Å². The van der Waals surface area contributed by atoms with E-state index >= 15 is 0 Å². The average Bonchev–Trinajstić information content (AvgIpc) is 2.49. The van der Waals surface area contributed by atoms with Crippen molar-refractivity contribution in [3.05, 3.63) is 29.8 Å². The molecule has 1 unspecified atom stereocenters. The summed E-state index contributed by atoms with van der Waals surface area (Å²) in [6.07, 6.45) is 0. The summed E-state index contributed by atoms with van der Waals surface area (Å²) < 4.78 is 10.0. The number of hydrogen-bond donors (Lipinski definition) is 1. The molecule has 0 heterocycles. The molecule has 0 saturated heterocycles. The molecule has 0 bridgehead atoms. The molecule has 1 rings (SSSR count). The van der Waals surface area contributed by atoms with E-state index in [0.717, 1.165) is 5.56 Å². The zero-order valence-electron chi connectivity index (χ0n) is 12.9. The van der Waals surface area contributed by atoms with E-state index in [1.54, 1.807) is 0 Å². The Morgan fingerprint density at radius 1 is 1.29 bits per heavy atom. The van der Waals surface area contributed by atoms with Crippen molar-refractivity contribution in [1.82, 2.24) is 5.32 Å². The molecule has 2 atom stereocenters. The van der Waals surface area contributed by atoms with Gasteiger partial charge in [-0.3, -0.25) is 10.1 Å². The molecule has 0 aliphatic heterocycles. The Bertz CT molecular complexity index is 491. The smallest absolute Gasteiger partial charge is 0.323 e. The molecule has 0 spiro atoms. The monoisotopic (exact) mass is 290 g/mol. The lowest BCUT2D eigenvalue weighted by Gasteiger charge is -2.24. The van der Waals surface area contributed by atoms with Crippen LogP contribution in [0.25, 0.3) is 0 Å². The van der Waals surface area contributed by atoms with Crippen molar-refractivity contribution in [3.63, 3.8) is 0 Å². The summed E-state index contributed by atoms with van der Waals surface area (Å²) in [4.78, 5) is 11.8. The van der Waals surface area contributed by atoms with Crippen LogP contribution in [-0.2, 0) is 9.53 Å². The summed E-state index contributed by atoms with van der Waals surface area (Å²) in [7, 11) is 1.39. The van der Waals surface area contributed by atoms with Crippen LogP contribution in [0, 0.1) is 17.2 Å². The summed E-state index contributed by atoms with van der Waals surface area (Å²) in [6, 6.07) is 9.04. The zero-order valence-corrected chi connectivity index (χ0v) is 12.9. The predicted molar refractivity (Wildman–Crippen MR) is 79.7 cm³/mol. The lowest BCUT2D eigenvalue weighted by molar-refractivity contribution is -0.144. The summed E-state index contributed by atoms with van der Waals surface area (Å²) in [5.41, 5.74) is 1.04. The largest absolute Gasteiger partial charge is 0.479 e. The number of carbonyl (C=O) groups excluding carboxylic acids is 1. The summed E-state index contributed by atoms with van der Waals surface area (Å²) in [6.45, 7) is 5.97. The van der Waals surface area contributed by atoms with Crippen LogP contribution >= 0.6 is 0 Å². The van der Waals surface area contributed by atoms with E-state index in [4.69, 9.17) is 14.7 Å². The van der Waals surface area contributed by atoms with Crippen molar-refractivity contribution in [2.24, 2.45) is 5.92 Å². The normalized spacial score (nSPS) is 13.3. The molecule has 1 N–H and O–H groups in total. The summed E-state index contributed by atoms with van der Waals surface area (Å²) >= 11 is 0. The topological polar surface area (TPSA) is 71.3 Å². The Morgan fingerprint density at radius 2 is 1.90 bits per heavy atom. The van der Waals surface area contributed by atoms with Crippen LogP contribution in [0.15, 0.2) is 24.3 Å². The second kappa shape index (κ2) is 8.28. The molecule has 0 radical (unpaired) electrons. The van der Waals surface area contributed by atoms with Crippen molar-refractivity contribution >= 4 is 5.97 Å². The van der Waals surface area contributed by atoms with Gasteiger partial charge in [0, 0.05) is 6.04 Å². The van der Waals surface area contributed by atoms with Crippen molar-refractivity contribution in [2.75, 3.05) is 13.7 Å². The molecular weight excluding hydrogens is 268 g/mol. The number of carbonyl (C=O) groups is 1. The zero-order chi connectivity index (χ0) is 15.8. The SMILES string of the molecule is COC(=O)[C@@H](NC(C)c1ccc(OCC#N)cc1)C(C)C. The fourth-order valence-electron chi connectivity index (χ4n) is 1.99. The molecule has 5 nitrogen and oxygen atoms in total. The van der Waals surface area contributed by atoms with Crippen molar-refractivity contribution in [3.8, 4) is 11.8 Å². The Labute approximate surface area is 125 Å². The highest BCUT2D eigenvalue weighted by Gasteiger charge is 2.24. The lowest BCUT2D eigenvalue weighted by atomic mass is 10.0. The Balaban J connectivity index is 2.71. The van der Waals surface area contributed by atoms with Crippen molar-refractivity contribution in [1.29, 1.82) is 5.26 Å². The second-order valence-electron chi connectivity index (χ2n) is 5.15. The molecule has 21 heavy (non-hydrogen) atoms. The molecule has 5 heteroatoms. The number of esters is 1. The minimum absolute atomic E-state index is 0.00140. The first kappa shape index (κ1) is 17.0. The second-order valence-corrected chi connectivity index (χ2v) is 5.15. The minimum Gasteiger partial charge on any atom is -0.479 e. The lowest BCUT2D eigenvalue weighted by Crippen LogP contribution is -2.42. The van der Waals surface area contributed by atoms with Gasteiger partial charge in [0.15, 0.2) is 6.61 Å². The van der Waals surface area contributed by atoms with Gasteiger partial charge in [-0.2, -0.15) is 5.26 Å². The molecule has 114 valence electrons. The quantitative estimate of drug-likeness (QED) is 0.781. The Morgan fingerprint density at radius 3 is 2.38 bits per heavy atom. The Hall–Kier alpha value is -2.06. The maximum atomic E-state index is 11.8. The molecule has 0 aromatic heterocycles. The molecular formula is C16H22N2O3. The molecule has 1 aromatic rings. The fourth-order valence-corrected chi connectivity index (χ4v) is 1.99. The van der Waals surface area contributed by atoms with Gasteiger partial charge in [-0.25, -0.2) is 0 Å². The van der Waals surface area contributed by atoms with E-state index in [1.165, 1.54) is 7.11 Å². The van der Waals surface area contributed by atoms with Gasteiger partial charge >= 0.3 is 5.97 Å². The highest BCUT2D eigenvalue weighted by molar-refractivity contribution is 5.76. The van der Waals surface area contributed by atoms with Crippen LogP contribution in [0.2, 0.25) is 0 Å². The highest BCUT2D eigenvalue weighted by atomic mass is 16.5. The van der Waals surface area contributed by atoms with E-state index < -0.39 is 0 Å². The van der Waals surface area contributed by atoms with Crippen LogP contribution < -0.4 is 10.1 Å². The van der Waals surface area contributed by atoms with Crippen LogP contribution in [0.3, 0.4) is 0 Å². The predicted octanol–water partition coefficient (Wildman–Crippen LogP) is 2.44. The van der Waals surface area contributed by atoms with E-state index in [-0.39, 0.29) is 30.6 Å². The van der Waals surface area contributed by atoms with Crippen LogP contribution in [-0.4, -0.2) is 25.7 Å².